The third-order valence-corrected chi connectivity index (χ3v) is 2.59. The second-order valence-electron chi connectivity index (χ2n) is 5.13. The van der Waals surface area contributed by atoms with E-state index in [4.69, 9.17) is 5.73 Å². The second kappa shape index (κ2) is 3.87. The van der Waals surface area contributed by atoms with Gasteiger partial charge in [0.05, 0.1) is 17.6 Å². The number of aromatic nitrogens is 2. The molecule has 0 radical (unpaired) electrons. The van der Waals surface area contributed by atoms with Crippen LogP contribution < -0.4 is 5.73 Å². The zero-order valence-electron chi connectivity index (χ0n) is 10.2. The van der Waals surface area contributed by atoms with Crippen LogP contribution >= 0.6 is 0 Å². The number of nitrogens with one attached hydrogen (secondary N) is 1. The van der Waals surface area contributed by atoms with E-state index in [1.807, 2.05) is 0 Å². The first-order valence-electron chi connectivity index (χ1n) is 5.49. The second-order valence-corrected chi connectivity index (χ2v) is 5.13. The first kappa shape index (κ1) is 11.6. The van der Waals surface area contributed by atoms with Crippen LogP contribution in [0.1, 0.15) is 26.6 Å². The summed E-state index contributed by atoms with van der Waals surface area (Å²) < 4.78 is 13.1. The zero-order valence-corrected chi connectivity index (χ0v) is 10.2. The number of H-pyrrole nitrogens is 1. The highest BCUT2D eigenvalue weighted by Gasteiger charge is 2.17. The van der Waals surface area contributed by atoms with Crippen LogP contribution in [0.4, 0.5) is 10.1 Å². The lowest BCUT2D eigenvalue weighted by Gasteiger charge is -2.14. The highest BCUT2D eigenvalue weighted by atomic mass is 19.1. The van der Waals surface area contributed by atoms with Crippen molar-refractivity contribution < 1.29 is 4.39 Å². The van der Waals surface area contributed by atoms with Gasteiger partial charge in [-0.15, -0.1) is 0 Å². The van der Waals surface area contributed by atoms with E-state index >= 15 is 0 Å². The molecule has 1 heterocycles. The van der Waals surface area contributed by atoms with Gasteiger partial charge in [0.2, 0.25) is 0 Å². The van der Waals surface area contributed by atoms with Crippen LogP contribution in [0.25, 0.3) is 11.3 Å². The normalized spacial score (nSPS) is 11.8. The molecule has 0 fully saturated rings. The quantitative estimate of drug-likeness (QED) is 0.744. The lowest BCUT2D eigenvalue weighted by atomic mass is 9.96. The Labute approximate surface area is 99.9 Å². The Bertz CT molecular complexity index is 538. The van der Waals surface area contributed by atoms with Gasteiger partial charge in [-0.3, -0.25) is 0 Å². The van der Waals surface area contributed by atoms with Gasteiger partial charge in [0.1, 0.15) is 11.6 Å². The van der Waals surface area contributed by atoms with Crippen molar-refractivity contribution >= 4 is 5.69 Å². The van der Waals surface area contributed by atoms with Crippen LogP contribution in [0.15, 0.2) is 24.4 Å². The van der Waals surface area contributed by atoms with E-state index in [1.165, 1.54) is 6.07 Å². The molecule has 0 aliphatic carbocycles. The van der Waals surface area contributed by atoms with Crippen LogP contribution in [0, 0.1) is 5.82 Å². The smallest absolute Gasteiger partial charge is 0.146 e. The molecule has 17 heavy (non-hydrogen) atoms. The van der Waals surface area contributed by atoms with E-state index in [0.29, 0.717) is 0 Å². The van der Waals surface area contributed by atoms with Gasteiger partial charge < -0.3 is 10.7 Å². The lowest BCUT2D eigenvalue weighted by Crippen LogP contribution is -2.13. The number of aromatic amines is 1. The fraction of sp³-hybridized carbons (Fsp3) is 0.308. The minimum Gasteiger partial charge on any atom is -0.396 e. The molecule has 0 unspecified atom stereocenters. The molecule has 0 saturated heterocycles. The molecule has 0 aliphatic heterocycles. The van der Waals surface area contributed by atoms with Crippen LogP contribution in [0.3, 0.4) is 0 Å². The highest BCUT2D eigenvalue weighted by molar-refractivity contribution is 5.64. The molecule has 90 valence electrons. The summed E-state index contributed by atoms with van der Waals surface area (Å²) in [6.45, 7) is 6.23. The van der Waals surface area contributed by atoms with Gasteiger partial charge in [-0.05, 0) is 18.2 Å². The van der Waals surface area contributed by atoms with Crippen LogP contribution in [-0.4, -0.2) is 9.97 Å². The number of hydrogen-bond donors (Lipinski definition) is 2. The fourth-order valence-electron chi connectivity index (χ4n) is 1.56. The van der Waals surface area contributed by atoms with Gasteiger partial charge in [0, 0.05) is 11.0 Å². The molecule has 2 rings (SSSR count). The SMILES string of the molecule is CC(C)(C)c1ncc(-c2ccc(F)c(N)c2)[nH]1. The predicted octanol–water partition coefficient (Wildman–Crippen LogP) is 3.10. The zero-order chi connectivity index (χ0) is 12.6. The van der Waals surface area contributed by atoms with Gasteiger partial charge in [-0.25, -0.2) is 9.37 Å². The Balaban J connectivity index is 2.40. The molecule has 3 N–H and O–H groups in total. The number of nitrogen functional groups attached to an aromatic ring is 1. The van der Waals surface area contributed by atoms with E-state index in [-0.39, 0.29) is 11.1 Å². The predicted molar refractivity (Wildman–Crippen MR) is 67.1 cm³/mol. The summed E-state index contributed by atoms with van der Waals surface area (Å²) in [4.78, 5) is 7.55. The van der Waals surface area contributed by atoms with Crippen molar-refractivity contribution in [2.45, 2.75) is 26.2 Å². The summed E-state index contributed by atoms with van der Waals surface area (Å²) in [6.07, 6.45) is 1.74. The average molecular weight is 233 g/mol. The Morgan fingerprint density at radius 2 is 2.00 bits per heavy atom. The van der Waals surface area contributed by atoms with Crippen molar-refractivity contribution in [3.8, 4) is 11.3 Å². The minimum atomic E-state index is -0.399. The molecule has 0 bridgehead atoms. The van der Waals surface area contributed by atoms with Crippen LogP contribution in [-0.2, 0) is 5.41 Å². The standard InChI is InChI=1S/C13H16FN3/c1-13(2,3)12-16-7-11(17-12)8-4-5-9(14)10(15)6-8/h4-7H,15H2,1-3H3,(H,16,17). The van der Waals surface area contributed by atoms with Crippen LogP contribution in [0.5, 0.6) is 0 Å². The molecule has 3 nitrogen and oxygen atoms in total. The van der Waals surface area contributed by atoms with Gasteiger partial charge >= 0.3 is 0 Å². The third-order valence-electron chi connectivity index (χ3n) is 2.59. The fourth-order valence-corrected chi connectivity index (χ4v) is 1.56. The average Bonchev–Trinajstić information content (AvgIpc) is 2.70. The van der Waals surface area contributed by atoms with E-state index in [2.05, 4.69) is 30.7 Å². The molecule has 4 heteroatoms. The maximum atomic E-state index is 13.1. The van der Waals surface area contributed by atoms with Gasteiger partial charge in [-0.2, -0.15) is 0 Å². The molecule has 0 atom stereocenters. The maximum Gasteiger partial charge on any atom is 0.146 e. The topological polar surface area (TPSA) is 54.7 Å². The molecule has 1 aromatic carbocycles. The Kier molecular flexibility index (Phi) is 2.65. The number of nitrogens with two attached hydrogens (primary N) is 1. The van der Waals surface area contributed by atoms with E-state index in [1.54, 1.807) is 18.3 Å². The Morgan fingerprint density at radius 1 is 1.29 bits per heavy atom. The molecule has 0 saturated carbocycles. The molecular formula is C13H16FN3. The third kappa shape index (κ3) is 2.30. The van der Waals surface area contributed by atoms with Gasteiger partial charge in [0.25, 0.3) is 0 Å². The summed E-state index contributed by atoms with van der Waals surface area (Å²) in [7, 11) is 0. The molecule has 1 aromatic heterocycles. The largest absolute Gasteiger partial charge is 0.396 e. The summed E-state index contributed by atoms with van der Waals surface area (Å²) in [5.74, 6) is 0.500. The monoisotopic (exact) mass is 233 g/mol. The van der Waals surface area contributed by atoms with Crippen molar-refractivity contribution in [3.63, 3.8) is 0 Å². The van der Waals surface area contributed by atoms with E-state index in [0.717, 1.165) is 17.1 Å². The number of benzene rings is 1. The Hall–Kier alpha value is -1.84. The number of rotatable bonds is 1. The van der Waals surface area contributed by atoms with E-state index < -0.39 is 5.82 Å². The summed E-state index contributed by atoms with van der Waals surface area (Å²) in [6, 6.07) is 4.66. The minimum absolute atomic E-state index is 0.0379. The van der Waals surface area contributed by atoms with Crippen molar-refractivity contribution in [2.75, 3.05) is 5.73 Å². The first-order chi connectivity index (χ1) is 7.88. The molecule has 0 aliphatic rings. The summed E-state index contributed by atoms with van der Waals surface area (Å²) >= 11 is 0. The van der Waals surface area contributed by atoms with Crippen molar-refractivity contribution in [2.24, 2.45) is 0 Å². The molecule has 0 amide bonds. The highest BCUT2D eigenvalue weighted by Crippen LogP contribution is 2.25. The van der Waals surface area contributed by atoms with Gasteiger partial charge in [0.15, 0.2) is 0 Å². The van der Waals surface area contributed by atoms with E-state index in [9.17, 15) is 4.39 Å². The number of halogens is 1. The number of hydrogen-bond acceptors (Lipinski definition) is 2. The molecule has 0 spiro atoms. The van der Waals surface area contributed by atoms with Crippen molar-refractivity contribution in [1.82, 2.24) is 9.97 Å². The summed E-state index contributed by atoms with van der Waals surface area (Å²) in [5.41, 5.74) is 7.34. The number of imidazole rings is 1. The Morgan fingerprint density at radius 3 is 2.53 bits per heavy atom. The van der Waals surface area contributed by atoms with Crippen molar-refractivity contribution in [1.29, 1.82) is 0 Å². The number of nitrogens with zero attached hydrogens (tertiary/aromatic N) is 1. The molecule has 2 aromatic rings. The molecular weight excluding hydrogens is 217 g/mol. The number of anilines is 1. The van der Waals surface area contributed by atoms with Gasteiger partial charge in [-0.1, -0.05) is 20.8 Å². The lowest BCUT2D eigenvalue weighted by molar-refractivity contribution is 0.553. The maximum absolute atomic E-state index is 13.1. The summed E-state index contributed by atoms with van der Waals surface area (Å²) in [5, 5.41) is 0. The first-order valence-corrected chi connectivity index (χ1v) is 5.49. The van der Waals surface area contributed by atoms with Crippen LogP contribution in [0.2, 0.25) is 0 Å². The van der Waals surface area contributed by atoms with Crippen molar-refractivity contribution in [3.05, 3.63) is 36.0 Å².